The summed E-state index contributed by atoms with van der Waals surface area (Å²) in [7, 11) is 0. The van der Waals surface area contributed by atoms with E-state index in [0.29, 0.717) is 23.6 Å². The molecule has 0 fully saturated rings. The van der Waals surface area contributed by atoms with Crippen LogP contribution in [0.4, 0.5) is 0 Å². The summed E-state index contributed by atoms with van der Waals surface area (Å²) >= 11 is 0. The molecule has 0 saturated heterocycles. The second kappa shape index (κ2) is 14.5. The number of benzene rings is 3. The normalized spacial score (nSPS) is 16.2. The first kappa shape index (κ1) is 32.0. The summed E-state index contributed by atoms with van der Waals surface area (Å²) in [5.74, 6) is -2.68. The van der Waals surface area contributed by atoms with Crippen molar-refractivity contribution in [2.75, 3.05) is 6.54 Å². The van der Waals surface area contributed by atoms with Gasteiger partial charge in [0.05, 0.1) is 11.7 Å². The van der Waals surface area contributed by atoms with Crippen LogP contribution in [0, 0.1) is 5.92 Å². The minimum Gasteiger partial charge on any atom is -0.489 e. The molecule has 0 aromatic heterocycles. The van der Waals surface area contributed by atoms with E-state index in [1.54, 1.807) is 60.8 Å². The molecule has 3 amide bonds. The van der Waals surface area contributed by atoms with Gasteiger partial charge in [-0.05, 0) is 35.6 Å². The highest BCUT2D eigenvalue weighted by atomic mass is 16.5. The van der Waals surface area contributed by atoms with Crippen molar-refractivity contribution in [3.8, 4) is 5.75 Å². The molecule has 3 N–H and O–H groups in total. The Kier molecular flexibility index (Phi) is 10.5. The van der Waals surface area contributed by atoms with Crippen molar-refractivity contribution in [2.45, 2.75) is 52.0 Å². The number of rotatable bonds is 12. The number of nitrogens with one attached hydrogen (secondary N) is 1. The van der Waals surface area contributed by atoms with Gasteiger partial charge in [0.1, 0.15) is 24.9 Å². The van der Waals surface area contributed by atoms with E-state index in [2.05, 4.69) is 5.32 Å². The molecule has 0 bridgehead atoms. The summed E-state index contributed by atoms with van der Waals surface area (Å²) in [5, 5.41) is 22.5. The molecule has 0 aliphatic carbocycles. The number of hydrogen-bond acceptors (Lipinski definition) is 6. The predicted octanol–water partition coefficient (Wildman–Crippen LogP) is 3.45. The second-order valence-corrected chi connectivity index (χ2v) is 11.0. The number of hydrogen-bond donors (Lipinski definition) is 3. The molecule has 1 unspecified atom stereocenters. The van der Waals surface area contributed by atoms with Gasteiger partial charge in [-0.3, -0.25) is 19.3 Å². The van der Waals surface area contributed by atoms with Crippen LogP contribution in [0.2, 0.25) is 0 Å². The molecule has 1 aliphatic heterocycles. The van der Waals surface area contributed by atoms with E-state index in [1.807, 2.05) is 44.2 Å². The fourth-order valence-electron chi connectivity index (χ4n) is 5.13. The van der Waals surface area contributed by atoms with E-state index in [4.69, 9.17) is 4.74 Å². The van der Waals surface area contributed by atoms with Crippen molar-refractivity contribution in [1.82, 2.24) is 15.1 Å². The number of ether oxygens (including phenoxy) is 1. The average Bonchev–Trinajstić information content (AvgIpc) is 3.01. The third kappa shape index (κ3) is 7.90. The van der Waals surface area contributed by atoms with Gasteiger partial charge in [0.15, 0.2) is 6.10 Å². The van der Waals surface area contributed by atoms with Crippen molar-refractivity contribution in [2.24, 2.45) is 5.92 Å². The van der Waals surface area contributed by atoms with Gasteiger partial charge in [0.25, 0.3) is 5.91 Å². The third-order valence-electron chi connectivity index (χ3n) is 7.32. The van der Waals surface area contributed by atoms with Gasteiger partial charge < -0.3 is 25.2 Å². The summed E-state index contributed by atoms with van der Waals surface area (Å²) in [5.41, 5.74) is 2.54. The summed E-state index contributed by atoms with van der Waals surface area (Å²) in [4.78, 5) is 54.4. The first-order valence-electron chi connectivity index (χ1n) is 14.4. The molecule has 3 atom stereocenters. The molecule has 4 rings (SSSR count). The van der Waals surface area contributed by atoms with Crippen LogP contribution in [0.15, 0.2) is 91.1 Å². The fraction of sp³-hybridized carbons (Fsp3) is 0.294. The maximum atomic E-state index is 14.0. The number of carboxylic acids is 1. The Bertz CT molecular complexity index is 1510. The lowest BCUT2D eigenvalue weighted by Gasteiger charge is -2.40. The summed E-state index contributed by atoms with van der Waals surface area (Å²) in [6.07, 6.45) is -0.253. The van der Waals surface area contributed by atoms with E-state index < -0.39 is 42.5 Å². The molecule has 0 spiro atoms. The van der Waals surface area contributed by atoms with Gasteiger partial charge in [0, 0.05) is 18.7 Å². The van der Waals surface area contributed by atoms with E-state index >= 15 is 0 Å². The van der Waals surface area contributed by atoms with E-state index in [-0.39, 0.29) is 18.2 Å². The van der Waals surface area contributed by atoms with Gasteiger partial charge in [-0.15, -0.1) is 0 Å². The fourth-order valence-corrected chi connectivity index (χ4v) is 5.13. The molecule has 10 nitrogen and oxygen atoms in total. The second-order valence-electron chi connectivity index (χ2n) is 11.0. The zero-order valence-electron chi connectivity index (χ0n) is 24.9. The van der Waals surface area contributed by atoms with Crippen LogP contribution in [-0.2, 0) is 32.2 Å². The molecule has 44 heavy (non-hydrogen) atoms. The Hall–Kier alpha value is -4.96. The first-order chi connectivity index (χ1) is 21.0. The van der Waals surface area contributed by atoms with Crippen LogP contribution in [0.1, 0.15) is 37.5 Å². The number of aliphatic hydroxyl groups excluding tert-OH is 1. The van der Waals surface area contributed by atoms with Gasteiger partial charge in [-0.1, -0.05) is 86.6 Å². The van der Waals surface area contributed by atoms with Crippen molar-refractivity contribution in [1.29, 1.82) is 0 Å². The zero-order valence-corrected chi connectivity index (χ0v) is 24.9. The monoisotopic (exact) mass is 599 g/mol. The van der Waals surface area contributed by atoms with Crippen LogP contribution >= 0.6 is 0 Å². The third-order valence-corrected chi connectivity index (χ3v) is 7.32. The molecule has 3 aromatic carbocycles. The number of aliphatic hydroxyl groups is 1. The Balaban J connectivity index is 1.64. The Labute approximate surface area is 256 Å². The molecule has 0 saturated carbocycles. The molecule has 10 heteroatoms. The predicted molar refractivity (Wildman–Crippen MR) is 164 cm³/mol. The molecule has 1 heterocycles. The summed E-state index contributed by atoms with van der Waals surface area (Å²) < 4.78 is 5.98. The number of amides is 3. The smallest absolute Gasteiger partial charge is 0.334 e. The van der Waals surface area contributed by atoms with E-state index in [9.17, 15) is 29.4 Å². The Morgan fingerprint density at radius 1 is 0.932 bits per heavy atom. The largest absolute Gasteiger partial charge is 0.489 e. The quantitative estimate of drug-likeness (QED) is 0.290. The number of aliphatic carboxylic acids is 1. The highest BCUT2D eigenvalue weighted by Gasteiger charge is 2.40. The highest BCUT2D eigenvalue weighted by molar-refractivity contribution is 5.99. The van der Waals surface area contributed by atoms with Crippen molar-refractivity contribution in [3.05, 3.63) is 108 Å². The molecule has 230 valence electrons. The zero-order chi connectivity index (χ0) is 31.8. The standard InChI is InChI=1S/C34H37N3O7/c1-22(2)31-33(41)37(20-30(39)35-28(32(40)34(42)43)17-24-11-6-4-7-12-24)29(19-36(31)23(3)38)26-15-10-16-27(18-26)44-21-25-13-8-5-9-14-25/h4-16,18-19,22,28,31-32,40H,17,20-21H2,1-3H3,(H,35,39)(H,42,43)/t28-,31+,32?/m0/s1. The number of carboxylic acid groups (broad SMARTS) is 1. The van der Waals surface area contributed by atoms with Gasteiger partial charge >= 0.3 is 5.97 Å². The first-order valence-corrected chi connectivity index (χ1v) is 14.4. The molecule has 0 radical (unpaired) electrons. The van der Waals surface area contributed by atoms with Crippen LogP contribution < -0.4 is 10.1 Å². The molecule has 3 aromatic rings. The SMILES string of the molecule is CC(=O)N1C=C(c2cccc(OCc3ccccc3)c2)N(CC(=O)N[C@@H](Cc2ccccc2)C(O)C(=O)O)C(=O)[C@H]1C(C)C. The van der Waals surface area contributed by atoms with Gasteiger partial charge in [-0.2, -0.15) is 0 Å². The minimum atomic E-state index is -1.87. The van der Waals surface area contributed by atoms with Gasteiger partial charge in [-0.25, -0.2) is 4.79 Å². The number of carbonyl (C=O) groups excluding carboxylic acids is 3. The van der Waals surface area contributed by atoms with Crippen molar-refractivity contribution >= 4 is 29.4 Å². The number of nitrogens with zero attached hydrogens (tertiary/aromatic N) is 2. The lowest BCUT2D eigenvalue weighted by Crippen LogP contribution is -2.57. The average molecular weight is 600 g/mol. The van der Waals surface area contributed by atoms with Crippen LogP contribution in [0.3, 0.4) is 0 Å². The van der Waals surface area contributed by atoms with E-state index in [0.717, 1.165) is 11.1 Å². The Morgan fingerprint density at radius 3 is 2.16 bits per heavy atom. The van der Waals surface area contributed by atoms with Crippen LogP contribution in [0.25, 0.3) is 5.70 Å². The van der Waals surface area contributed by atoms with Crippen LogP contribution in [0.5, 0.6) is 5.75 Å². The number of carbonyl (C=O) groups is 4. The van der Waals surface area contributed by atoms with Crippen LogP contribution in [-0.4, -0.2) is 68.4 Å². The van der Waals surface area contributed by atoms with E-state index in [1.165, 1.54) is 16.7 Å². The molecule has 1 aliphatic rings. The maximum Gasteiger partial charge on any atom is 0.334 e. The maximum absolute atomic E-state index is 14.0. The lowest BCUT2D eigenvalue weighted by atomic mass is 9.96. The Morgan fingerprint density at radius 2 is 1.57 bits per heavy atom. The lowest BCUT2D eigenvalue weighted by molar-refractivity contribution is -0.149. The molecular formula is C34H37N3O7. The minimum absolute atomic E-state index is 0.0597. The van der Waals surface area contributed by atoms with Gasteiger partial charge in [0.2, 0.25) is 11.8 Å². The highest BCUT2D eigenvalue weighted by Crippen LogP contribution is 2.31. The topological polar surface area (TPSA) is 136 Å². The van der Waals surface area contributed by atoms with Crippen molar-refractivity contribution < 1.29 is 34.1 Å². The summed E-state index contributed by atoms with van der Waals surface area (Å²) in [6.45, 7) is 4.85. The van der Waals surface area contributed by atoms with Crippen molar-refractivity contribution in [3.63, 3.8) is 0 Å². The summed E-state index contributed by atoms with van der Waals surface area (Å²) in [6, 6.07) is 23.5. The molecular weight excluding hydrogens is 562 g/mol.